The third kappa shape index (κ3) is 5.34. The summed E-state index contributed by atoms with van der Waals surface area (Å²) < 4.78 is 15.5. The highest BCUT2D eigenvalue weighted by Crippen LogP contribution is 2.42. The predicted octanol–water partition coefficient (Wildman–Crippen LogP) is 8.81. The molecular formula is C37H36N4O3. The van der Waals surface area contributed by atoms with Crippen molar-refractivity contribution in [3.05, 3.63) is 102 Å². The fraction of sp³-hybridized carbons (Fsp3) is 0.270. The summed E-state index contributed by atoms with van der Waals surface area (Å²) in [7, 11) is 2.08. The lowest BCUT2D eigenvalue weighted by molar-refractivity contribution is 0.0207. The number of hydrogen-bond donors (Lipinski definition) is 0. The van der Waals surface area contributed by atoms with E-state index in [1.807, 2.05) is 45.0 Å². The molecule has 0 saturated heterocycles. The van der Waals surface area contributed by atoms with E-state index in [1.54, 1.807) is 6.07 Å². The first-order chi connectivity index (χ1) is 21.1. The van der Waals surface area contributed by atoms with E-state index in [1.165, 1.54) is 18.4 Å². The molecule has 44 heavy (non-hydrogen) atoms. The summed E-state index contributed by atoms with van der Waals surface area (Å²) in [5, 5.41) is 0. The number of para-hydroxylation sites is 3. The molecule has 2 heterocycles. The zero-order valence-corrected chi connectivity index (χ0v) is 25.8. The van der Waals surface area contributed by atoms with Gasteiger partial charge in [-0.05, 0) is 87.6 Å². The fourth-order valence-corrected chi connectivity index (χ4v) is 5.89. The van der Waals surface area contributed by atoms with Crippen LogP contribution in [0.15, 0.2) is 84.9 Å². The summed E-state index contributed by atoms with van der Waals surface area (Å²) in [5.41, 5.74) is 8.88. The van der Waals surface area contributed by atoms with Crippen molar-refractivity contribution in [1.29, 1.82) is 0 Å². The van der Waals surface area contributed by atoms with Gasteiger partial charge in [-0.3, -0.25) is 0 Å². The molecule has 0 bridgehead atoms. The molecule has 0 aliphatic heterocycles. The molecule has 0 spiro atoms. The van der Waals surface area contributed by atoms with Crippen LogP contribution in [0.1, 0.15) is 56.5 Å². The zero-order valence-electron chi connectivity index (χ0n) is 25.8. The van der Waals surface area contributed by atoms with Gasteiger partial charge in [0.15, 0.2) is 0 Å². The smallest absolute Gasteiger partial charge is 0.428 e. The van der Waals surface area contributed by atoms with E-state index in [0.29, 0.717) is 18.2 Å². The third-order valence-electron chi connectivity index (χ3n) is 8.14. The van der Waals surface area contributed by atoms with Crippen molar-refractivity contribution >= 4 is 28.2 Å². The Morgan fingerprint density at radius 1 is 0.886 bits per heavy atom. The number of imidazole rings is 2. The number of fused-ring (bicyclic) bond motifs is 2. The highest BCUT2D eigenvalue weighted by molar-refractivity contribution is 5.87. The minimum Gasteiger partial charge on any atom is -0.428 e. The van der Waals surface area contributed by atoms with E-state index in [2.05, 4.69) is 77.7 Å². The van der Waals surface area contributed by atoms with Crippen LogP contribution in [0.3, 0.4) is 0 Å². The van der Waals surface area contributed by atoms with Crippen molar-refractivity contribution in [2.75, 3.05) is 0 Å². The molecule has 7 heteroatoms. The molecule has 1 aliphatic rings. The van der Waals surface area contributed by atoms with Gasteiger partial charge in [0.2, 0.25) is 0 Å². The molecule has 4 aromatic carbocycles. The van der Waals surface area contributed by atoms with Crippen LogP contribution in [0.5, 0.6) is 5.75 Å². The minimum absolute atomic E-state index is 0.469. The van der Waals surface area contributed by atoms with Gasteiger partial charge in [-0.1, -0.05) is 54.6 Å². The number of rotatable bonds is 6. The average molecular weight is 585 g/mol. The maximum Gasteiger partial charge on any atom is 0.514 e. The fourth-order valence-electron chi connectivity index (χ4n) is 5.89. The molecule has 0 radical (unpaired) electrons. The van der Waals surface area contributed by atoms with Gasteiger partial charge < -0.3 is 18.6 Å². The maximum atomic E-state index is 12.4. The Balaban J connectivity index is 1.22. The summed E-state index contributed by atoms with van der Waals surface area (Å²) in [4.78, 5) is 22.5. The molecule has 0 amide bonds. The SMILES string of the molecule is Cc1cc(-c2nc3ccccc3n2C)cc2c1nc(C1CC1)n2Cc1ccc(-c2ccccc2OC(=O)OC(C)(C)C)cc1. The summed E-state index contributed by atoms with van der Waals surface area (Å²) in [6.07, 6.45) is 1.63. The molecule has 1 aliphatic carbocycles. The first-order valence-corrected chi connectivity index (χ1v) is 15.2. The zero-order chi connectivity index (χ0) is 30.6. The summed E-state index contributed by atoms with van der Waals surface area (Å²) in [6.45, 7) is 8.32. The molecule has 6 aromatic rings. The Kier molecular flexibility index (Phi) is 6.76. The minimum atomic E-state index is -0.713. The first kappa shape index (κ1) is 27.9. The van der Waals surface area contributed by atoms with Gasteiger partial charge >= 0.3 is 6.16 Å². The van der Waals surface area contributed by atoms with Crippen LogP contribution < -0.4 is 4.74 Å². The standard InChI is InChI=1S/C37H36N4O3/c1-23-20-27(34-38-29-11-7-8-12-30(29)40(34)5)21-31-33(23)39-35(26-18-19-26)41(31)22-24-14-16-25(17-15-24)28-10-6-9-13-32(28)43-36(42)44-37(2,3)4/h6-17,20-21,26H,18-19,22H2,1-5H3. The predicted molar refractivity (Wildman–Crippen MR) is 174 cm³/mol. The number of carbonyl (C=O) groups excluding carboxylic acids is 1. The monoisotopic (exact) mass is 584 g/mol. The van der Waals surface area contributed by atoms with Crippen LogP contribution in [0.25, 0.3) is 44.6 Å². The largest absolute Gasteiger partial charge is 0.514 e. The Morgan fingerprint density at radius 2 is 1.61 bits per heavy atom. The highest BCUT2D eigenvalue weighted by Gasteiger charge is 2.30. The lowest BCUT2D eigenvalue weighted by atomic mass is 10.0. The van der Waals surface area contributed by atoms with E-state index in [9.17, 15) is 4.79 Å². The number of aryl methyl sites for hydroxylation is 2. The van der Waals surface area contributed by atoms with E-state index in [-0.39, 0.29) is 0 Å². The quantitative estimate of drug-likeness (QED) is 0.145. The molecule has 7 rings (SSSR count). The highest BCUT2D eigenvalue weighted by atomic mass is 16.7. The van der Waals surface area contributed by atoms with Gasteiger partial charge in [0, 0.05) is 30.6 Å². The summed E-state index contributed by atoms with van der Waals surface area (Å²) in [5.74, 6) is 3.08. The number of ether oxygens (including phenoxy) is 2. The second-order valence-corrected chi connectivity index (χ2v) is 12.7. The van der Waals surface area contributed by atoms with E-state index in [4.69, 9.17) is 19.4 Å². The lowest BCUT2D eigenvalue weighted by Crippen LogP contribution is -2.26. The van der Waals surface area contributed by atoms with Gasteiger partial charge in [-0.2, -0.15) is 0 Å². The number of hydrogen-bond acceptors (Lipinski definition) is 5. The Hall–Kier alpha value is -4.91. The van der Waals surface area contributed by atoms with Crippen molar-refractivity contribution in [3.8, 4) is 28.3 Å². The molecule has 1 saturated carbocycles. The molecule has 1 fully saturated rings. The number of aromatic nitrogens is 4. The molecular weight excluding hydrogens is 548 g/mol. The van der Waals surface area contributed by atoms with E-state index in [0.717, 1.165) is 56.0 Å². The molecule has 2 aromatic heterocycles. The van der Waals surface area contributed by atoms with E-state index >= 15 is 0 Å². The van der Waals surface area contributed by atoms with Crippen molar-refractivity contribution < 1.29 is 14.3 Å². The molecule has 222 valence electrons. The van der Waals surface area contributed by atoms with Gasteiger partial charge in [0.1, 0.15) is 23.0 Å². The molecule has 0 N–H and O–H groups in total. The Labute approximate surface area is 257 Å². The number of benzene rings is 4. The van der Waals surface area contributed by atoms with Gasteiger partial charge in [0.25, 0.3) is 0 Å². The molecule has 0 atom stereocenters. The van der Waals surface area contributed by atoms with Gasteiger partial charge in [0.05, 0.1) is 22.1 Å². The third-order valence-corrected chi connectivity index (χ3v) is 8.14. The molecule has 7 nitrogen and oxygen atoms in total. The van der Waals surface area contributed by atoms with Gasteiger partial charge in [-0.15, -0.1) is 0 Å². The average Bonchev–Trinajstić information content (AvgIpc) is 3.69. The first-order valence-electron chi connectivity index (χ1n) is 15.2. The van der Waals surface area contributed by atoms with Crippen LogP contribution in [-0.4, -0.2) is 30.9 Å². The normalized spacial score (nSPS) is 13.5. The van der Waals surface area contributed by atoms with Gasteiger partial charge in [-0.25, -0.2) is 14.8 Å². The van der Waals surface area contributed by atoms with Crippen LogP contribution >= 0.6 is 0 Å². The maximum absolute atomic E-state index is 12.4. The van der Waals surface area contributed by atoms with Crippen molar-refractivity contribution in [2.45, 2.75) is 58.6 Å². The van der Waals surface area contributed by atoms with Crippen molar-refractivity contribution in [2.24, 2.45) is 7.05 Å². The van der Waals surface area contributed by atoms with Crippen molar-refractivity contribution in [3.63, 3.8) is 0 Å². The second-order valence-electron chi connectivity index (χ2n) is 12.7. The summed E-state index contributed by atoms with van der Waals surface area (Å²) in [6, 6.07) is 28.7. The van der Waals surface area contributed by atoms with Crippen LogP contribution in [0, 0.1) is 6.92 Å². The Bertz CT molecular complexity index is 2020. The number of carbonyl (C=O) groups is 1. The van der Waals surface area contributed by atoms with Crippen LogP contribution in [0.4, 0.5) is 4.79 Å². The topological polar surface area (TPSA) is 71.2 Å². The Morgan fingerprint density at radius 3 is 2.34 bits per heavy atom. The number of nitrogens with zero attached hydrogens (tertiary/aromatic N) is 4. The second kappa shape index (κ2) is 10.7. The van der Waals surface area contributed by atoms with Crippen LogP contribution in [-0.2, 0) is 18.3 Å². The molecule has 0 unspecified atom stereocenters. The van der Waals surface area contributed by atoms with Crippen molar-refractivity contribution in [1.82, 2.24) is 19.1 Å². The lowest BCUT2D eigenvalue weighted by Gasteiger charge is -2.19. The summed E-state index contributed by atoms with van der Waals surface area (Å²) >= 11 is 0. The van der Waals surface area contributed by atoms with E-state index < -0.39 is 11.8 Å². The van der Waals surface area contributed by atoms with Crippen LogP contribution in [0.2, 0.25) is 0 Å².